The molecule has 0 aromatic heterocycles. The van der Waals surface area contributed by atoms with Crippen LogP contribution in [-0.4, -0.2) is 0 Å². The summed E-state index contributed by atoms with van der Waals surface area (Å²) in [6, 6.07) is 0. The number of rotatable bonds is 0. The van der Waals surface area contributed by atoms with Gasteiger partial charge in [-0.15, -0.1) is 0 Å². The maximum absolute atomic E-state index is 2.43. The summed E-state index contributed by atoms with van der Waals surface area (Å²) in [6.07, 6.45) is 12.3. The molecule has 0 aromatic carbocycles. The van der Waals surface area contributed by atoms with Gasteiger partial charge in [-0.25, -0.2) is 0 Å². The van der Waals surface area contributed by atoms with Crippen LogP contribution in [0.3, 0.4) is 0 Å². The van der Waals surface area contributed by atoms with Crippen molar-refractivity contribution in [3.63, 3.8) is 0 Å². The molecule has 2 rings (SSSR count). The normalized spacial score (nSPS) is 31.2. The molecule has 13 heavy (non-hydrogen) atoms. The molecule has 0 nitrogen and oxygen atoms in total. The van der Waals surface area contributed by atoms with Gasteiger partial charge in [-0.05, 0) is 37.0 Å². The van der Waals surface area contributed by atoms with Crippen molar-refractivity contribution in [1.29, 1.82) is 0 Å². The van der Waals surface area contributed by atoms with Crippen LogP contribution in [-0.2, 0) is 0 Å². The van der Waals surface area contributed by atoms with Crippen molar-refractivity contribution in [2.75, 3.05) is 0 Å². The van der Waals surface area contributed by atoms with E-state index in [0.29, 0.717) is 0 Å². The number of hydrogen-bond acceptors (Lipinski definition) is 0. The molecular formula is C13H26. The lowest BCUT2D eigenvalue weighted by atomic mass is 9.72. The second-order valence-corrected chi connectivity index (χ2v) is 4.91. The van der Waals surface area contributed by atoms with Crippen molar-refractivity contribution in [2.24, 2.45) is 11.3 Å². The molecule has 0 aliphatic heterocycles. The van der Waals surface area contributed by atoms with Gasteiger partial charge < -0.3 is 0 Å². The van der Waals surface area contributed by atoms with Gasteiger partial charge in [0.05, 0.1) is 0 Å². The first kappa shape index (κ1) is 11.1. The summed E-state index contributed by atoms with van der Waals surface area (Å²) < 4.78 is 0. The topological polar surface area (TPSA) is 0 Å². The fraction of sp³-hybridized carbons (Fsp3) is 1.00. The first-order valence-electron chi connectivity index (χ1n) is 6.31. The Morgan fingerprint density at radius 2 is 1.54 bits per heavy atom. The first-order valence-corrected chi connectivity index (χ1v) is 6.31. The predicted octanol–water partition coefficient (Wildman–Crippen LogP) is 4.78. The smallest absolute Gasteiger partial charge is 0.0295 e. The zero-order chi connectivity index (χ0) is 9.73. The Morgan fingerprint density at radius 1 is 0.923 bits per heavy atom. The van der Waals surface area contributed by atoms with Gasteiger partial charge in [-0.1, -0.05) is 46.5 Å². The first-order chi connectivity index (χ1) is 6.31. The zero-order valence-electron chi connectivity index (χ0n) is 9.73. The van der Waals surface area contributed by atoms with Crippen molar-refractivity contribution in [2.45, 2.75) is 72.1 Å². The van der Waals surface area contributed by atoms with E-state index in [9.17, 15) is 0 Å². The van der Waals surface area contributed by atoms with Gasteiger partial charge >= 0.3 is 0 Å². The van der Waals surface area contributed by atoms with E-state index in [-0.39, 0.29) is 0 Å². The van der Waals surface area contributed by atoms with E-state index in [2.05, 4.69) is 6.92 Å². The Labute approximate surface area is 84.1 Å². The standard InChI is InChI=1S/C11H20.C2H6/c1-10-5-8-11(9-10)6-3-2-4-7-11;1-2/h10H,2-9H2,1H3;1-2H3. The minimum atomic E-state index is 0.845. The molecule has 0 heterocycles. The van der Waals surface area contributed by atoms with Crippen LogP contribution in [0, 0.1) is 11.3 Å². The van der Waals surface area contributed by atoms with Gasteiger partial charge in [0.25, 0.3) is 0 Å². The Kier molecular flexibility index (Phi) is 4.28. The minimum Gasteiger partial charge on any atom is -0.0683 e. The highest BCUT2D eigenvalue weighted by molar-refractivity contribution is 4.89. The van der Waals surface area contributed by atoms with Gasteiger partial charge in [0, 0.05) is 0 Å². The third-order valence-electron chi connectivity index (χ3n) is 3.86. The van der Waals surface area contributed by atoms with E-state index in [1.807, 2.05) is 13.8 Å². The van der Waals surface area contributed by atoms with Crippen molar-refractivity contribution in [3.05, 3.63) is 0 Å². The largest absolute Gasteiger partial charge is 0.0683 e. The minimum absolute atomic E-state index is 0.845. The van der Waals surface area contributed by atoms with E-state index in [4.69, 9.17) is 0 Å². The van der Waals surface area contributed by atoms with Crippen LogP contribution in [0.25, 0.3) is 0 Å². The molecule has 0 amide bonds. The van der Waals surface area contributed by atoms with Crippen LogP contribution in [0.2, 0.25) is 0 Å². The molecule has 0 aromatic rings. The lowest BCUT2D eigenvalue weighted by Gasteiger charge is -2.33. The zero-order valence-corrected chi connectivity index (χ0v) is 9.73. The van der Waals surface area contributed by atoms with Crippen LogP contribution in [0.15, 0.2) is 0 Å². The van der Waals surface area contributed by atoms with E-state index in [0.717, 1.165) is 11.3 Å². The summed E-state index contributed by atoms with van der Waals surface area (Å²) in [4.78, 5) is 0. The van der Waals surface area contributed by atoms with Gasteiger partial charge in [0.2, 0.25) is 0 Å². The molecular weight excluding hydrogens is 156 g/mol. The molecule has 2 aliphatic rings. The molecule has 0 saturated heterocycles. The van der Waals surface area contributed by atoms with E-state index < -0.39 is 0 Å². The molecule has 2 saturated carbocycles. The van der Waals surface area contributed by atoms with Crippen LogP contribution in [0.4, 0.5) is 0 Å². The summed E-state index contributed by atoms with van der Waals surface area (Å²) in [6.45, 7) is 6.43. The summed E-state index contributed by atoms with van der Waals surface area (Å²) in [5.74, 6) is 1.04. The maximum atomic E-state index is 2.43. The molecule has 2 fully saturated rings. The summed E-state index contributed by atoms with van der Waals surface area (Å²) in [7, 11) is 0. The molecule has 0 N–H and O–H groups in total. The highest BCUT2D eigenvalue weighted by Gasteiger charge is 2.37. The molecule has 1 unspecified atom stereocenters. The van der Waals surface area contributed by atoms with Gasteiger partial charge in [-0.3, -0.25) is 0 Å². The Morgan fingerprint density at radius 3 is 2.00 bits per heavy atom. The lowest BCUT2D eigenvalue weighted by Crippen LogP contribution is -2.20. The van der Waals surface area contributed by atoms with Gasteiger partial charge in [-0.2, -0.15) is 0 Å². The van der Waals surface area contributed by atoms with E-state index in [1.54, 1.807) is 25.7 Å². The van der Waals surface area contributed by atoms with Crippen LogP contribution in [0.1, 0.15) is 72.1 Å². The molecule has 0 bridgehead atoms. The third-order valence-corrected chi connectivity index (χ3v) is 3.86. The van der Waals surface area contributed by atoms with Crippen LogP contribution >= 0.6 is 0 Å². The molecule has 1 spiro atoms. The quantitative estimate of drug-likeness (QED) is 0.505. The summed E-state index contributed by atoms with van der Waals surface area (Å²) in [5, 5.41) is 0. The van der Waals surface area contributed by atoms with Crippen molar-refractivity contribution in [3.8, 4) is 0 Å². The van der Waals surface area contributed by atoms with Crippen LogP contribution in [0.5, 0.6) is 0 Å². The predicted molar refractivity (Wildman–Crippen MR) is 59.9 cm³/mol. The molecule has 0 heteroatoms. The average molecular weight is 182 g/mol. The van der Waals surface area contributed by atoms with Gasteiger partial charge in [0.15, 0.2) is 0 Å². The number of hydrogen-bond donors (Lipinski definition) is 0. The van der Waals surface area contributed by atoms with E-state index >= 15 is 0 Å². The Hall–Kier alpha value is 0. The molecule has 78 valence electrons. The van der Waals surface area contributed by atoms with Gasteiger partial charge in [0.1, 0.15) is 0 Å². The summed E-state index contributed by atoms with van der Waals surface area (Å²) >= 11 is 0. The highest BCUT2D eigenvalue weighted by Crippen LogP contribution is 2.50. The second kappa shape index (κ2) is 5.02. The van der Waals surface area contributed by atoms with Crippen molar-refractivity contribution in [1.82, 2.24) is 0 Å². The monoisotopic (exact) mass is 182 g/mol. The third kappa shape index (κ3) is 2.72. The molecule has 0 radical (unpaired) electrons. The summed E-state index contributed by atoms with van der Waals surface area (Å²) in [5.41, 5.74) is 0.845. The Balaban J connectivity index is 0.000000396. The van der Waals surface area contributed by atoms with Crippen molar-refractivity contribution < 1.29 is 0 Å². The fourth-order valence-corrected chi connectivity index (χ4v) is 3.25. The van der Waals surface area contributed by atoms with Crippen molar-refractivity contribution >= 4 is 0 Å². The van der Waals surface area contributed by atoms with Crippen LogP contribution < -0.4 is 0 Å². The highest BCUT2D eigenvalue weighted by atomic mass is 14.4. The van der Waals surface area contributed by atoms with E-state index in [1.165, 1.54) is 25.7 Å². The maximum Gasteiger partial charge on any atom is -0.0295 e. The second-order valence-electron chi connectivity index (χ2n) is 4.91. The molecule has 2 aliphatic carbocycles. The SMILES string of the molecule is CC.CC1CCC2(CCCCC2)C1. The average Bonchev–Trinajstić information content (AvgIpc) is 2.52. The fourth-order valence-electron chi connectivity index (χ4n) is 3.25. The Bertz CT molecular complexity index is 125. The molecule has 1 atom stereocenters. The lowest BCUT2D eigenvalue weighted by molar-refractivity contribution is 0.191.